The number of halogens is 1. The molecule has 194 valence electrons. The summed E-state index contributed by atoms with van der Waals surface area (Å²) >= 11 is 0. The van der Waals surface area contributed by atoms with Gasteiger partial charge in [0.25, 0.3) is 0 Å². The van der Waals surface area contributed by atoms with Crippen molar-refractivity contribution in [3.05, 3.63) is 71.8 Å². The Labute approximate surface area is 218 Å². The van der Waals surface area contributed by atoms with Gasteiger partial charge in [-0.15, -0.1) is 6.58 Å². The molecule has 2 aromatic rings. The molecular weight excluding hydrogens is 480 g/mol. The Balaban J connectivity index is 0.00000361. The van der Waals surface area contributed by atoms with Gasteiger partial charge < -0.3 is 26.6 Å². The van der Waals surface area contributed by atoms with Crippen molar-refractivity contribution < 1.29 is 36.0 Å². The van der Waals surface area contributed by atoms with Gasteiger partial charge in [-0.25, -0.2) is 4.79 Å². The maximum absolute atomic E-state index is 12.8. The number of rotatable bonds is 9. The summed E-state index contributed by atoms with van der Waals surface area (Å²) in [4.78, 5) is 15.1. The molecule has 4 rings (SSSR count). The molecule has 4 N–H and O–H groups in total. The number of esters is 1. The normalized spacial score (nSPS) is 17.9. The van der Waals surface area contributed by atoms with Crippen molar-refractivity contribution in [3.63, 3.8) is 0 Å². The van der Waals surface area contributed by atoms with Gasteiger partial charge in [0, 0.05) is 31.6 Å². The first-order valence-electron chi connectivity index (χ1n) is 12.1. The third-order valence-corrected chi connectivity index (χ3v) is 6.41. The zero-order valence-corrected chi connectivity index (χ0v) is 21.5. The van der Waals surface area contributed by atoms with E-state index >= 15 is 0 Å². The molecule has 8 nitrogen and oxygen atoms in total. The lowest BCUT2D eigenvalue weighted by Gasteiger charge is -2.22. The van der Waals surface area contributed by atoms with Gasteiger partial charge >= 0.3 is 11.9 Å². The van der Waals surface area contributed by atoms with Crippen LogP contribution in [-0.2, 0) is 22.5 Å². The number of ether oxygens (including phenoxy) is 3. The Bertz CT molecular complexity index is 1090. The minimum Gasteiger partial charge on any atom is -1.00 e. The fourth-order valence-corrected chi connectivity index (χ4v) is 4.59. The van der Waals surface area contributed by atoms with E-state index < -0.39 is 12.1 Å². The van der Waals surface area contributed by atoms with Crippen LogP contribution in [0, 0.1) is 0 Å². The zero-order chi connectivity index (χ0) is 24.8. The Kier molecular flexibility index (Phi) is 9.61. The van der Waals surface area contributed by atoms with Crippen LogP contribution in [0.4, 0.5) is 0 Å². The molecule has 2 aliphatic rings. The predicted molar refractivity (Wildman–Crippen MR) is 134 cm³/mol. The molecule has 0 amide bonds. The number of fused-ring (bicyclic) bond motifs is 1. The van der Waals surface area contributed by atoms with Gasteiger partial charge in [-0.05, 0) is 48.7 Å². The minimum atomic E-state index is -0.887. The summed E-state index contributed by atoms with van der Waals surface area (Å²) in [6.07, 6.45) is 3.00. The molecule has 2 heterocycles. The van der Waals surface area contributed by atoms with Gasteiger partial charge in [0.2, 0.25) is 6.10 Å². The number of guanidine groups is 1. The maximum atomic E-state index is 12.8. The Morgan fingerprint density at radius 2 is 1.94 bits per heavy atom. The van der Waals surface area contributed by atoms with Gasteiger partial charge in [0.15, 0.2) is 0 Å². The van der Waals surface area contributed by atoms with E-state index in [0.29, 0.717) is 23.8 Å². The van der Waals surface area contributed by atoms with E-state index in [1.165, 1.54) is 5.56 Å². The largest absolute Gasteiger partial charge is 1.00 e. The van der Waals surface area contributed by atoms with Gasteiger partial charge in [-0.3, -0.25) is 20.9 Å². The number of likely N-dealkylation sites (tertiary alicyclic amines) is 1. The molecule has 0 radical (unpaired) electrons. The number of carbonyl (C=O) groups is 1. The molecule has 0 bridgehead atoms. The van der Waals surface area contributed by atoms with Crippen LogP contribution in [0.2, 0.25) is 0 Å². The minimum absolute atomic E-state index is 0. The van der Waals surface area contributed by atoms with E-state index in [9.17, 15) is 4.79 Å². The predicted octanol–water partition coefficient (Wildman–Crippen LogP) is -0.645. The highest BCUT2D eigenvalue weighted by molar-refractivity contribution is 5.77. The van der Waals surface area contributed by atoms with Crippen molar-refractivity contribution in [2.75, 3.05) is 32.8 Å². The third kappa shape index (κ3) is 6.71. The van der Waals surface area contributed by atoms with Crippen molar-refractivity contribution in [3.8, 4) is 11.5 Å². The number of hydrogen-bond acceptors (Lipinski definition) is 5. The van der Waals surface area contributed by atoms with Crippen molar-refractivity contribution in [1.82, 2.24) is 4.90 Å². The SMILES string of the molecule is C=CCN1CC[C@H](Oc2ccc(C(Oc3ccc4c(c3)C[N+](=C(N)N)CC4)C(=O)OCC)cc2)C1.[Cl-]. The standard InChI is InChI=1S/C27H34N4O4.ClH/c1-3-13-30-14-12-24(18-30)34-22-8-6-20(7-9-22)25(26(32)33-4-2)35-23-10-5-19-11-15-31(27(28)29)17-21(19)16-23;/h3,5-10,16,24-25H,1,4,11-15,17-18H2,2H3,(H3,28,29);1H/t24-,25?;/m0./s1. The summed E-state index contributed by atoms with van der Waals surface area (Å²) in [6.45, 7) is 10.00. The van der Waals surface area contributed by atoms with Crippen LogP contribution in [0.15, 0.2) is 55.1 Å². The highest BCUT2D eigenvalue weighted by atomic mass is 35.5. The van der Waals surface area contributed by atoms with Crippen molar-refractivity contribution >= 4 is 11.9 Å². The van der Waals surface area contributed by atoms with Crippen molar-refractivity contribution in [2.24, 2.45) is 11.5 Å². The van der Waals surface area contributed by atoms with Gasteiger partial charge in [0.05, 0.1) is 19.7 Å². The van der Waals surface area contributed by atoms with E-state index in [1.807, 2.05) is 53.1 Å². The first kappa shape index (κ1) is 27.4. The summed E-state index contributed by atoms with van der Waals surface area (Å²) in [5.74, 6) is 1.23. The molecule has 9 heteroatoms. The average Bonchev–Trinajstić information content (AvgIpc) is 3.29. The third-order valence-electron chi connectivity index (χ3n) is 6.41. The summed E-state index contributed by atoms with van der Waals surface area (Å²) < 4.78 is 19.6. The van der Waals surface area contributed by atoms with Crippen LogP contribution < -0.4 is 33.3 Å². The summed E-state index contributed by atoms with van der Waals surface area (Å²) in [5, 5.41) is 0. The Hall–Kier alpha value is -3.23. The van der Waals surface area contributed by atoms with E-state index in [1.54, 1.807) is 6.92 Å². The van der Waals surface area contributed by atoms with Crippen LogP contribution in [0.25, 0.3) is 0 Å². The molecule has 0 aliphatic carbocycles. The topological polar surface area (TPSA) is 103 Å². The fraction of sp³-hybridized carbons (Fsp3) is 0.407. The molecular formula is C27H35ClN4O4. The van der Waals surface area contributed by atoms with E-state index in [4.69, 9.17) is 25.7 Å². The van der Waals surface area contributed by atoms with Crippen molar-refractivity contribution in [2.45, 2.75) is 38.5 Å². The lowest BCUT2D eigenvalue weighted by Crippen LogP contribution is -3.00. The molecule has 2 aromatic carbocycles. The summed E-state index contributed by atoms with van der Waals surface area (Å²) in [6, 6.07) is 13.4. The summed E-state index contributed by atoms with van der Waals surface area (Å²) in [5.41, 5.74) is 14.6. The fourth-order valence-electron chi connectivity index (χ4n) is 4.59. The molecule has 36 heavy (non-hydrogen) atoms. The highest BCUT2D eigenvalue weighted by Crippen LogP contribution is 2.29. The van der Waals surface area contributed by atoms with E-state index in [0.717, 1.165) is 50.3 Å². The number of hydrogen-bond donors (Lipinski definition) is 2. The van der Waals surface area contributed by atoms with Crippen LogP contribution >= 0.6 is 0 Å². The van der Waals surface area contributed by atoms with Gasteiger partial charge in [-0.1, -0.05) is 24.3 Å². The molecule has 0 aromatic heterocycles. The smallest absolute Gasteiger partial charge is 0.352 e. The lowest BCUT2D eigenvalue weighted by atomic mass is 10.0. The van der Waals surface area contributed by atoms with Crippen LogP contribution in [-0.4, -0.2) is 60.3 Å². The number of nitrogens with two attached hydrogens (primary N) is 2. The maximum Gasteiger partial charge on any atom is 0.352 e. The van der Waals surface area contributed by atoms with Crippen molar-refractivity contribution in [1.29, 1.82) is 0 Å². The zero-order valence-electron chi connectivity index (χ0n) is 20.7. The Morgan fingerprint density at radius 1 is 1.19 bits per heavy atom. The average molecular weight is 515 g/mol. The highest BCUT2D eigenvalue weighted by Gasteiger charge is 2.27. The second-order valence-electron chi connectivity index (χ2n) is 8.92. The van der Waals surface area contributed by atoms with Gasteiger partial charge in [0.1, 0.15) is 17.6 Å². The number of nitrogens with zero attached hydrogens (tertiary/aromatic N) is 2. The molecule has 0 saturated carbocycles. The quantitative estimate of drug-likeness (QED) is 0.198. The monoisotopic (exact) mass is 514 g/mol. The molecule has 2 aliphatic heterocycles. The summed E-state index contributed by atoms with van der Waals surface area (Å²) in [7, 11) is 0. The van der Waals surface area contributed by atoms with Gasteiger partial charge in [-0.2, -0.15) is 0 Å². The number of benzene rings is 2. The Morgan fingerprint density at radius 3 is 2.64 bits per heavy atom. The van der Waals surface area contributed by atoms with Crippen LogP contribution in [0.1, 0.15) is 36.1 Å². The van der Waals surface area contributed by atoms with Crippen LogP contribution in [0.5, 0.6) is 11.5 Å². The second-order valence-corrected chi connectivity index (χ2v) is 8.92. The molecule has 2 atom stereocenters. The molecule has 1 saturated heterocycles. The second kappa shape index (κ2) is 12.6. The first-order chi connectivity index (χ1) is 17.0. The van der Waals surface area contributed by atoms with E-state index in [-0.39, 0.29) is 25.1 Å². The molecule has 0 spiro atoms. The molecule has 1 unspecified atom stereocenters. The molecule has 1 fully saturated rings. The van der Waals surface area contributed by atoms with E-state index in [2.05, 4.69) is 11.5 Å². The number of carbonyl (C=O) groups excluding carboxylic acids is 1. The lowest BCUT2D eigenvalue weighted by molar-refractivity contribution is -0.549. The first-order valence-corrected chi connectivity index (χ1v) is 12.1. The van der Waals surface area contributed by atoms with Crippen LogP contribution in [0.3, 0.4) is 0 Å².